The van der Waals surface area contributed by atoms with Crippen molar-refractivity contribution in [3.63, 3.8) is 0 Å². The molecule has 0 amide bonds. The van der Waals surface area contributed by atoms with Crippen molar-refractivity contribution in [1.29, 1.82) is 0 Å². The summed E-state index contributed by atoms with van der Waals surface area (Å²) in [6.07, 6.45) is -0.483. The van der Waals surface area contributed by atoms with Crippen LogP contribution in [0.1, 0.15) is 57.9 Å². The molecule has 0 unspecified atom stereocenters. The van der Waals surface area contributed by atoms with E-state index in [1.54, 1.807) is 0 Å². The zero-order valence-electron chi connectivity index (χ0n) is 21.7. The van der Waals surface area contributed by atoms with Crippen molar-refractivity contribution >= 4 is 11.8 Å². The van der Waals surface area contributed by atoms with Crippen molar-refractivity contribution in [2.24, 2.45) is 9.98 Å². The molecule has 0 saturated carbocycles. The molecular weight excluding hydrogens is 494 g/mol. The third kappa shape index (κ3) is 4.67. The molecule has 7 rings (SSSR count). The van der Waals surface area contributed by atoms with Crippen molar-refractivity contribution in [1.82, 2.24) is 4.98 Å². The molecule has 2 aliphatic heterocycles. The van der Waals surface area contributed by atoms with E-state index in [2.05, 4.69) is 48.5 Å². The summed E-state index contributed by atoms with van der Waals surface area (Å²) in [5.74, 6) is 1.03. The first-order valence-corrected chi connectivity index (χ1v) is 13.5. The average Bonchev–Trinajstić information content (AvgIpc) is 3.69. The Morgan fingerprint density at radius 3 is 1.10 bits per heavy atom. The van der Waals surface area contributed by atoms with Crippen LogP contribution in [0, 0.1) is 0 Å². The summed E-state index contributed by atoms with van der Waals surface area (Å²) in [6, 6.07) is 46.4. The normalized spacial score (nSPS) is 21.7. The van der Waals surface area contributed by atoms with Gasteiger partial charge in [-0.1, -0.05) is 127 Å². The molecule has 0 saturated heterocycles. The predicted octanol–water partition coefficient (Wildman–Crippen LogP) is 7.60. The summed E-state index contributed by atoms with van der Waals surface area (Å²) in [5.41, 5.74) is 5.66. The fourth-order valence-corrected chi connectivity index (χ4v) is 5.33. The minimum absolute atomic E-state index is 0.172. The van der Waals surface area contributed by atoms with E-state index in [0.29, 0.717) is 23.2 Å². The van der Waals surface area contributed by atoms with Gasteiger partial charge in [-0.05, 0) is 34.4 Å². The molecule has 0 N–H and O–H groups in total. The maximum absolute atomic E-state index is 6.51. The monoisotopic (exact) mass is 521 g/mol. The van der Waals surface area contributed by atoms with Crippen LogP contribution < -0.4 is 0 Å². The smallest absolute Gasteiger partial charge is 0.236 e. The van der Waals surface area contributed by atoms with Gasteiger partial charge in [-0.2, -0.15) is 0 Å². The van der Waals surface area contributed by atoms with Crippen molar-refractivity contribution < 1.29 is 9.47 Å². The largest absolute Gasteiger partial charge is 0.465 e. The molecule has 0 fully saturated rings. The summed E-state index contributed by atoms with van der Waals surface area (Å²) in [7, 11) is 0. The fourth-order valence-electron chi connectivity index (χ4n) is 5.33. The maximum atomic E-state index is 6.51. The van der Waals surface area contributed by atoms with Gasteiger partial charge in [0.25, 0.3) is 0 Å². The van der Waals surface area contributed by atoms with Crippen molar-refractivity contribution in [2.75, 3.05) is 0 Å². The lowest BCUT2D eigenvalue weighted by atomic mass is 9.97. The van der Waals surface area contributed by atoms with Crippen LogP contribution in [0.5, 0.6) is 0 Å². The minimum Gasteiger partial charge on any atom is -0.465 e. The Balaban J connectivity index is 1.23. The number of rotatable bonds is 6. The van der Waals surface area contributed by atoms with E-state index in [1.807, 2.05) is 91.0 Å². The van der Waals surface area contributed by atoms with E-state index in [9.17, 15) is 0 Å². The van der Waals surface area contributed by atoms with E-state index in [-0.39, 0.29) is 24.3 Å². The SMILES string of the molecule is c1ccc([C@H]2N=C(c3cccc(C4=N[C@@H](c5ccccc5)[C@H](c5ccccc5)O4)n3)O[C@@H]2c2ccccc2)cc1. The van der Waals surface area contributed by atoms with Crippen LogP contribution in [0.25, 0.3) is 0 Å². The number of benzene rings is 4. The second-order valence-electron chi connectivity index (χ2n) is 9.89. The highest BCUT2D eigenvalue weighted by molar-refractivity contribution is 5.97. The lowest BCUT2D eigenvalue weighted by Gasteiger charge is -2.18. The highest BCUT2D eigenvalue weighted by Crippen LogP contribution is 2.42. The molecule has 40 heavy (non-hydrogen) atoms. The molecule has 5 heteroatoms. The third-order valence-corrected chi connectivity index (χ3v) is 7.29. The molecule has 194 valence electrons. The van der Waals surface area contributed by atoms with Crippen molar-refractivity contribution in [2.45, 2.75) is 24.3 Å². The van der Waals surface area contributed by atoms with Crippen LogP contribution in [0.15, 0.2) is 150 Å². The molecule has 1 aromatic heterocycles. The summed E-state index contributed by atoms with van der Waals surface area (Å²) >= 11 is 0. The average molecular weight is 522 g/mol. The summed E-state index contributed by atoms with van der Waals surface area (Å²) < 4.78 is 13.0. The molecule has 0 aliphatic carbocycles. The van der Waals surface area contributed by atoms with Gasteiger partial charge in [0.05, 0.1) is 0 Å². The van der Waals surface area contributed by atoms with Crippen LogP contribution in [-0.4, -0.2) is 16.8 Å². The van der Waals surface area contributed by atoms with Crippen LogP contribution in [0.4, 0.5) is 0 Å². The molecule has 0 radical (unpaired) electrons. The quantitative estimate of drug-likeness (QED) is 0.231. The molecule has 5 aromatic rings. The van der Waals surface area contributed by atoms with E-state index < -0.39 is 0 Å². The molecule has 5 nitrogen and oxygen atoms in total. The van der Waals surface area contributed by atoms with Gasteiger partial charge in [0.1, 0.15) is 23.5 Å². The molecular formula is C35H27N3O2. The number of nitrogens with zero attached hydrogens (tertiary/aromatic N) is 3. The maximum Gasteiger partial charge on any atom is 0.236 e. The first-order valence-electron chi connectivity index (χ1n) is 13.5. The Kier molecular flexibility index (Phi) is 6.38. The van der Waals surface area contributed by atoms with Gasteiger partial charge in [-0.25, -0.2) is 15.0 Å². The van der Waals surface area contributed by atoms with Gasteiger partial charge < -0.3 is 9.47 Å². The summed E-state index contributed by atoms with van der Waals surface area (Å²) in [5, 5.41) is 0. The molecule has 0 bridgehead atoms. The van der Waals surface area contributed by atoms with Crippen LogP contribution in [0.3, 0.4) is 0 Å². The number of aromatic nitrogens is 1. The van der Waals surface area contributed by atoms with Gasteiger partial charge in [0.2, 0.25) is 11.8 Å². The van der Waals surface area contributed by atoms with E-state index in [0.717, 1.165) is 22.3 Å². The van der Waals surface area contributed by atoms with Gasteiger partial charge in [0, 0.05) is 0 Å². The van der Waals surface area contributed by atoms with E-state index >= 15 is 0 Å². The van der Waals surface area contributed by atoms with E-state index in [1.165, 1.54) is 0 Å². The first-order chi connectivity index (χ1) is 19.8. The van der Waals surface area contributed by atoms with Gasteiger partial charge in [-0.3, -0.25) is 0 Å². The number of hydrogen-bond donors (Lipinski definition) is 0. The zero-order valence-corrected chi connectivity index (χ0v) is 21.7. The number of ether oxygens (including phenoxy) is 2. The number of pyridine rings is 1. The van der Waals surface area contributed by atoms with Crippen LogP contribution in [0.2, 0.25) is 0 Å². The fraction of sp³-hybridized carbons (Fsp3) is 0.114. The van der Waals surface area contributed by atoms with Gasteiger partial charge in [0.15, 0.2) is 12.2 Å². The zero-order chi connectivity index (χ0) is 26.7. The van der Waals surface area contributed by atoms with Gasteiger partial charge >= 0.3 is 0 Å². The lowest BCUT2D eigenvalue weighted by Crippen LogP contribution is -2.13. The molecule has 3 heterocycles. The number of aliphatic imine (C=N–C) groups is 2. The highest BCUT2D eigenvalue weighted by Gasteiger charge is 2.36. The molecule has 0 spiro atoms. The van der Waals surface area contributed by atoms with Crippen LogP contribution in [-0.2, 0) is 9.47 Å². The minimum atomic E-state index is -0.242. The van der Waals surface area contributed by atoms with Crippen molar-refractivity contribution in [3.8, 4) is 0 Å². The number of hydrogen-bond acceptors (Lipinski definition) is 5. The van der Waals surface area contributed by atoms with Gasteiger partial charge in [-0.15, -0.1) is 0 Å². The van der Waals surface area contributed by atoms with Crippen molar-refractivity contribution in [3.05, 3.63) is 173 Å². The Labute approximate surface area is 233 Å². The molecule has 4 atom stereocenters. The first kappa shape index (κ1) is 24.0. The summed E-state index contributed by atoms with van der Waals surface area (Å²) in [4.78, 5) is 15.0. The molecule has 2 aliphatic rings. The van der Waals surface area contributed by atoms with E-state index in [4.69, 9.17) is 24.4 Å². The topological polar surface area (TPSA) is 56.1 Å². The Bertz CT molecular complexity index is 1530. The Morgan fingerprint density at radius 2 is 0.725 bits per heavy atom. The highest BCUT2D eigenvalue weighted by atomic mass is 16.5. The summed E-state index contributed by atoms with van der Waals surface area (Å²) in [6.45, 7) is 0. The lowest BCUT2D eigenvalue weighted by molar-refractivity contribution is 0.195. The van der Waals surface area contributed by atoms with Crippen LogP contribution >= 0.6 is 0 Å². The second-order valence-corrected chi connectivity index (χ2v) is 9.89. The second kappa shape index (κ2) is 10.6. The molecule has 4 aromatic carbocycles. The third-order valence-electron chi connectivity index (χ3n) is 7.29. The Morgan fingerprint density at radius 1 is 0.375 bits per heavy atom. The Hall–Kier alpha value is -5.03. The predicted molar refractivity (Wildman–Crippen MR) is 156 cm³/mol. The standard InChI is InChI=1S/C35H27N3O2/c1-5-14-24(15-6-1)30-32(26-18-9-3-10-19-26)39-34(37-30)28-22-13-23-29(36-28)35-38-31(25-16-7-2-8-17-25)33(40-35)27-20-11-4-12-21-27/h1-23,30-33H/t30-,31+,32-,33+.